The minimum absolute atomic E-state index is 0.190. The lowest BCUT2D eigenvalue weighted by Gasteiger charge is -2.18. The van der Waals surface area contributed by atoms with Crippen molar-refractivity contribution >= 4 is 17.4 Å². The molecule has 2 heterocycles. The van der Waals surface area contributed by atoms with Crippen molar-refractivity contribution in [1.29, 1.82) is 0 Å². The van der Waals surface area contributed by atoms with Crippen molar-refractivity contribution in [1.82, 2.24) is 15.1 Å². The second-order valence-electron chi connectivity index (χ2n) is 6.26. The number of aromatic nitrogens is 2. The van der Waals surface area contributed by atoms with Gasteiger partial charge < -0.3 is 20.3 Å². The standard InChI is InChI=1S/C18H25N5O2/c1-25-10-9-23-14-16(12-20-23)21-18(24)19-11-15-7-8-22(13-15)17-5-3-2-4-6-17/h2-6,12,14-15H,7-11,13H2,1H3,(H2,19,21,24)/t15-/m0/s1. The van der Waals surface area contributed by atoms with Crippen molar-refractivity contribution in [2.24, 2.45) is 5.92 Å². The van der Waals surface area contributed by atoms with E-state index in [9.17, 15) is 4.79 Å². The third-order valence-electron chi connectivity index (χ3n) is 4.37. The van der Waals surface area contributed by atoms with Gasteiger partial charge in [-0.3, -0.25) is 4.68 Å². The molecule has 0 radical (unpaired) electrons. The summed E-state index contributed by atoms with van der Waals surface area (Å²) in [5.74, 6) is 0.468. The van der Waals surface area contributed by atoms with Crippen LogP contribution in [0.3, 0.4) is 0 Å². The van der Waals surface area contributed by atoms with Crippen LogP contribution in [0.4, 0.5) is 16.2 Å². The number of nitrogens with one attached hydrogen (secondary N) is 2. The molecule has 134 valence electrons. The van der Waals surface area contributed by atoms with Crippen LogP contribution in [0.5, 0.6) is 0 Å². The molecule has 7 heteroatoms. The Hall–Kier alpha value is -2.54. The summed E-state index contributed by atoms with van der Waals surface area (Å²) < 4.78 is 6.75. The molecular formula is C18H25N5O2. The zero-order valence-electron chi connectivity index (χ0n) is 14.5. The number of methoxy groups -OCH3 is 1. The lowest BCUT2D eigenvalue weighted by atomic mass is 10.1. The average molecular weight is 343 g/mol. The number of hydrogen-bond donors (Lipinski definition) is 2. The van der Waals surface area contributed by atoms with Gasteiger partial charge in [-0.25, -0.2) is 4.79 Å². The van der Waals surface area contributed by atoms with Crippen LogP contribution >= 0.6 is 0 Å². The lowest BCUT2D eigenvalue weighted by Crippen LogP contribution is -2.34. The lowest BCUT2D eigenvalue weighted by molar-refractivity contribution is 0.183. The fraction of sp³-hybridized carbons (Fsp3) is 0.444. The Labute approximate surface area is 148 Å². The van der Waals surface area contributed by atoms with E-state index in [2.05, 4.69) is 44.9 Å². The van der Waals surface area contributed by atoms with Gasteiger partial charge >= 0.3 is 6.03 Å². The molecule has 1 fully saturated rings. The van der Waals surface area contributed by atoms with Crippen LogP contribution in [0.1, 0.15) is 6.42 Å². The Morgan fingerprint density at radius 2 is 2.20 bits per heavy atom. The van der Waals surface area contributed by atoms with Gasteiger partial charge in [0.2, 0.25) is 0 Å². The number of nitrogens with zero attached hydrogens (tertiary/aromatic N) is 3. The van der Waals surface area contributed by atoms with Crippen LogP contribution in [-0.2, 0) is 11.3 Å². The maximum atomic E-state index is 12.0. The molecule has 1 atom stereocenters. The molecule has 2 N–H and O–H groups in total. The third kappa shape index (κ3) is 4.96. The number of para-hydroxylation sites is 1. The maximum Gasteiger partial charge on any atom is 0.319 e. The molecule has 1 aliphatic heterocycles. The van der Waals surface area contributed by atoms with Crippen LogP contribution < -0.4 is 15.5 Å². The molecule has 0 saturated carbocycles. The molecule has 0 unspecified atom stereocenters. The molecule has 1 aromatic carbocycles. The second-order valence-corrected chi connectivity index (χ2v) is 6.26. The largest absolute Gasteiger partial charge is 0.383 e. The van der Waals surface area contributed by atoms with Crippen molar-refractivity contribution in [3.63, 3.8) is 0 Å². The normalized spacial score (nSPS) is 16.8. The molecular weight excluding hydrogens is 318 g/mol. The highest BCUT2D eigenvalue weighted by Crippen LogP contribution is 2.22. The minimum Gasteiger partial charge on any atom is -0.383 e. The molecule has 1 aliphatic rings. The number of rotatable bonds is 7. The number of hydrogen-bond acceptors (Lipinski definition) is 4. The highest BCUT2D eigenvalue weighted by molar-refractivity contribution is 5.88. The topological polar surface area (TPSA) is 71.4 Å². The van der Waals surface area contributed by atoms with E-state index in [4.69, 9.17) is 4.74 Å². The van der Waals surface area contributed by atoms with E-state index in [1.165, 1.54) is 5.69 Å². The molecule has 0 bridgehead atoms. The van der Waals surface area contributed by atoms with Gasteiger partial charge in [0.1, 0.15) is 0 Å². The number of ether oxygens (including phenoxy) is 1. The molecule has 2 amide bonds. The average Bonchev–Trinajstić information content (AvgIpc) is 3.28. The van der Waals surface area contributed by atoms with Crippen LogP contribution in [0.2, 0.25) is 0 Å². The highest BCUT2D eigenvalue weighted by Gasteiger charge is 2.22. The molecule has 0 aliphatic carbocycles. The Bertz CT molecular complexity index is 673. The van der Waals surface area contributed by atoms with Crippen molar-refractivity contribution < 1.29 is 9.53 Å². The van der Waals surface area contributed by atoms with Gasteiger partial charge in [0.15, 0.2) is 0 Å². The van der Waals surface area contributed by atoms with Gasteiger partial charge in [0, 0.05) is 38.6 Å². The summed E-state index contributed by atoms with van der Waals surface area (Å²) in [6.07, 6.45) is 4.53. The Morgan fingerprint density at radius 1 is 1.36 bits per heavy atom. The van der Waals surface area contributed by atoms with Gasteiger partial charge in [-0.05, 0) is 24.5 Å². The number of urea groups is 1. The highest BCUT2D eigenvalue weighted by atomic mass is 16.5. The van der Waals surface area contributed by atoms with Gasteiger partial charge in [0.25, 0.3) is 0 Å². The molecule has 1 saturated heterocycles. The number of anilines is 2. The van der Waals surface area contributed by atoms with E-state index in [0.29, 0.717) is 31.3 Å². The minimum atomic E-state index is -0.190. The molecule has 1 aromatic heterocycles. The van der Waals surface area contributed by atoms with E-state index in [1.54, 1.807) is 24.2 Å². The Balaban J connectivity index is 1.40. The number of carbonyl (C=O) groups is 1. The fourth-order valence-electron chi connectivity index (χ4n) is 3.02. The molecule has 3 rings (SSSR count). The first-order valence-corrected chi connectivity index (χ1v) is 8.61. The third-order valence-corrected chi connectivity index (χ3v) is 4.37. The summed E-state index contributed by atoms with van der Waals surface area (Å²) in [6, 6.07) is 10.2. The fourth-order valence-corrected chi connectivity index (χ4v) is 3.02. The van der Waals surface area contributed by atoms with E-state index in [1.807, 2.05) is 6.07 Å². The first-order valence-electron chi connectivity index (χ1n) is 8.61. The van der Waals surface area contributed by atoms with E-state index in [-0.39, 0.29) is 6.03 Å². The predicted octanol–water partition coefficient (Wildman–Crippen LogP) is 2.18. The van der Waals surface area contributed by atoms with E-state index < -0.39 is 0 Å². The number of benzene rings is 1. The monoisotopic (exact) mass is 343 g/mol. The van der Waals surface area contributed by atoms with Crippen LogP contribution in [0, 0.1) is 5.92 Å². The molecule has 2 aromatic rings. The van der Waals surface area contributed by atoms with Crippen molar-refractivity contribution in [2.45, 2.75) is 13.0 Å². The number of carbonyl (C=O) groups excluding carboxylic acids is 1. The van der Waals surface area contributed by atoms with Crippen LogP contribution in [0.15, 0.2) is 42.7 Å². The predicted molar refractivity (Wildman–Crippen MR) is 97.9 cm³/mol. The zero-order valence-corrected chi connectivity index (χ0v) is 14.5. The summed E-state index contributed by atoms with van der Waals surface area (Å²) in [6.45, 7) is 3.93. The van der Waals surface area contributed by atoms with Crippen molar-refractivity contribution in [2.75, 3.05) is 43.6 Å². The van der Waals surface area contributed by atoms with Gasteiger partial charge in [0.05, 0.1) is 25.0 Å². The Kier molecular flexibility index (Phi) is 5.90. The van der Waals surface area contributed by atoms with Crippen LogP contribution in [0.25, 0.3) is 0 Å². The molecule has 0 spiro atoms. The molecule has 25 heavy (non-hydrogen) atoms. The first kappa shape index (κ1) is 17.3. The van der Waals surface area contributed by atoms with E-state index in [0.717, 1.165) is 19.5 Å². The summed E-state index contributed by atoms with van der Waals surface area (Å²) in [5.41, 5.74) is 1.93. The van der Waals surface area contributed by atoms with Gasteiger partial charge in [-0.2, -0.15) is 5.10 Å². The van der Waals surface area contributed by atoms with Gasteiger partial charge in [-0.1, -0.05) is 18.2 Å². The van der Waals surface area contributed by atoms with Crippen molar-refractivity contribution in [3.05, 3.63) is 42.7 Å². The first-order chi connectivity index (χ1) is 12.2. The molecule has 7 nitrogen and oxygen atoms in total. The number of amides is 2. The SMILES string of the molecule is COCCn1cc(NC(=O)NC[C@@H]2CCN(c3ccccc3)C2)cn1. The zero-order chi connectivity index (χ0) is 17.5. The summed E-state index contributed by atoms with van der Waals surface area (Å²) in [7, 11) is 1.65. The maximum absolute atomic E-state index is 12.0. The summed E-state index contributed by atoms with van der Waals surface area (Å²) >= 11 is 0. The van der Waals surface area contributed by atoms with Crippen molar-refractivity contribution in [3.8, 4) is 0 Å². The Morgan fingerprint density at radius 3 is 3.00 bits per heavy atom. The van der Waals surface area contributed by atoms with E-state index >= 15 is 0 Å². The van der Waals surface area contributed by atoms with Gasteiger partial charge in [-0.15, -0.1) is 0 Å². The van der Waals surface area contributed by atoms with Crippen LogP contribution in [-0.4, -0.2) is 49.2 Å². The summed E-state index contributed by atoms with van der Waals surface area (Å²) in [5, 5.41) is 9.95. The second kappa shape index (κ2) is 8.53. The smallest absolute Gasteiger partial charge is 0.319 e. The summed E-state index contributed by atoms with van der Waals surface area (Å²) in [4.78, 5) is 14.4. The quantitative estimate of drug-likeness (QED) is 0.808.